The van der Waals surface area contributed by atoms with Gasteiger partial charge in [-0.15, -0.1) is 0 Å². The van der Waals surface area contributed by atoms with Crippen LogP contribution in [0.1, 0.15) is 13.3 Å². The molecule has 128 valence electrons. The molecule has 0 radical (unpaired) electrons. The molecule has 1 aromatic heterocycles. The number of nitriles is 1. The van der Waals surface area contributed by atoms with Gasteiger partial charge in [-0.05, 0) is 30.7 Å². The molecule has 0 bridgehead atoms. The number of aromatic nitrogens is 1. The number of nitrogens with zero attached hydrogens (tertiary/aromatic N) is 3. The lowest BCUT2D eigenvalue weighted by atomic mass is 10.1. The van der Waals surface area contributed by atoms with Crippen molar-refractivity contribution in [1.29, 1.82) is 5.26 Å². The summed E-state index contributed by atoms with van der Waals surface area (Å²) in [6, 6.07) is 7.73. The fourth-order valence-corrected chi connectivity index (χ4v) is 2.84. The molecule has 1 aliphatic heterocycles. The lowest BCUT2D eigenvalue weighted by Gasteiger charge is -2.25. The van der Waals surface area contributed by atoms with Crippen LogP contribution in [0.2, 0.25) is 0 Å². The van der Waals surface area contributed by atoms with Crippen LogP contribution < -0.4 is 10.1 Å². The van der Waals surface area contributed by atoms with Crippen molar-refractivity contribution in [2.45, 2.75) is 18.9 Å². The zero-order chi connectivity index (χ0) is 17.9. The molecular formula is C18H17FN4O2. The zero-order valence-corrected chi connectivity index (χ0v) is 13.7. The number of hydrogen-bond donors (Lipinski definition) is 1. The highest BCUT2D eigenvalue weighted by molar-refractivity contribution is 5.78. The molecule has 1 amide bonds. The number of benzene rings is 1. The minimum Gasteiger partial charge on any atom is -0.468 e. The number of anilines is 1. The fraction of sp³-hybridized carbons (Fsp3) is 0.278. The number of likely N-dealkylation sites (tertiary alicyclic amines) is 1. The van der Waals surface area contributed by atoms with Crippen LogP contribution in [0, 0.1) is 17.3 Å². The van der Waals surface area contributed by atoms with Gasteiger partial charge < -0.3 is 15.0 Å². The molecule has 1 fully saturated rings. The third-order valence-corrected chi connectivity index (χ3v) is 4.16. The minimum atomic E-state index is -0.556. The summed E-state index contributed by atoms with van der Waals surface area (Å²) in [4.78, 5) is 16.9. The standard InChI is InChI=1S/C18H17FN4O2/c1-18(6-7-23(10-18)11-20)25-17-16(22-12-24)8-14(9-21-17)13-2-4-15(19)5-3-13/h2-5,8-9,12H,6-7,10H2,1H3,(H,22,24)/t18-/m0/s1. The molecule has 1 N–H and O–H groups in total. The van der Waals surface area contributed by atoms with E-state index in [1.807, 2.05) is 6.92 Å². The summed E-state index contributed by atoms with van der Waals surface area (Å²) >= 11 is 0. The molecule has 1 saturated heterocycles. The predicted molar refractivity (Wildman–Crippen MR) is 90.2 cm³/mol. The first-order chi connectivity index (χ1) is 12.0. The molecule has 6 nitrogen and oxygen atoms in total. The summed E-state index contributed by atoms with van der Waals surface area (Å²) < 4.78 is 19.1. The van der Waals surface area contributed by atoms with E-state index in [4.69, 9.17) is 10.00 Å². The Morgan fingerprint density at radius 1 is 1.40 bits per heavy atom. The Bertz CT molecular complexity index is 819. The Hall–Kier alpha value is -3.14. The van der Waals surface area contributed by atoms with Gasteiger partial charge in [0.25, 0.3) is 0 Å². The first kappa shape index (κ1) is 16.7. The molecule has 0 aliphatic carbocycles. The summed E-state index contributed by atoms with van der Waals surface area (Å²) in [6.07, 6.45) is 4.96. The fourth-order valence-electron chi connectivity index (χ4n) is 2.84. The van der Waals surface area contributed by atoms with Crippen LogP contribution in [-0.4, -0.2) is 35.0 Å². The van der Waals surface area contributed by atoms with Gasteiger partial charge in [0.2, 0.25) is 12.3 Å². The van der Waals surface area contributed by atoms with Gasteiger partial charge in [-0.25, -0.2) is 9.37 Å². The quantitative estimate of drug-likeness (QED) is 0.669. The third kappa shape index (κ3) is 3.69. The number of rotatable bonds is 5. The highest BCUT2D eigenvalue weighted by Gasteiger charge is 2.36. The Kier molecular flexibility index (Phi) is 4.52. The molecule has 25 heavy (non-hydrogen) atoms. The van der Waals surface area contributed by atoms with Crippen LogP contribution in [0.5, 0.6) is 5.88 Å². The van der Waals surface area contributed by atoms with Crippen LogP contribution in [-0.2, 0) is 4.79 Å². The van der Waals surface area contributed by atoms with Gasteiger partial charge in [0.15, 0.2) is 6.19 Å². The highest BCUT2D eigenvalue weighted by Crippen LogP contribution is 2.33. The Balaban J connectivity index is 1.88. The highest BCUT2D eigenvalue weighted by atomic mass is 19.1. The number of hydrogen-bond acceptors (Lipinski definition) is 5. The molecule has 7 heteroatoms. The average molecular weight is 340 g/mol. The van der Waals surface area contributed by atoms with Crippen LogP contribution in [0.25, 0.3) is 11.1 Å². The molecular weight excluding hydrogens is 323 g/mol. The molecule has 0 saturated carbocycles. The van der Waals surface area contributed by atoms with E-state index in [0.717, 1.165) is 11.1 Å². The van der Waals surface area contributed by atoms with Crippen molar-refractivity contribution in [1.82, 2.24) is 9.88 Å². The van der Waals surface area contributed by atoms with Crippen LogP contribution >= 0.6 is 0 Å². The van der Waals surface area contributed by atoms with Gasteiger partial charge in [0.05, 0.1) is 6.54 Å². The lowest BCUT2D eigenvalue weighted by molar-refractivity contribution is -0.105. The smallest absolute Gasteiger partial charge is 0.238 e. The topological polar surface area (TPSA) is 78.2 Å². The summed E-state index contributed by atoms with van der Waals surface area (Å²) in [7, 11) is 0. The second-order valence-corrected chi connectivity index (χ2v) is 6.17. The minimum absolute atomic E-state index is 0.292. The normalized spacial score (nSPS) is 19.3. The summed E-state index contributed by atoms with van der Waals surface area (Å²) in [5.74, 6) is -0.0284. The SMILES string of the molecule is C[C@]1(Oc2ncc(-c3ccc(F)cc3)cc2NC=O)CCN(C#N)C1. The van der Waals surface area contributed by atoms with Gasteiger partial charge in [0, 0.05) is 24.7 Å². The Labute approximate surface area is 144 Å². The third-order valence-electron chi connectivity index (χ3n) is 4.16. The van der Waals surface area contributed by atoms with E-state index < -0.39 is 5.60 Å². The number of ether oxygens (including phenoxy) is 1. The summed E-state index contributed by atoms with van der Waals surface area (Å²) in [5.41, 5.74) is 1.37. The van der Waals surface area contributed by atoms with Crippen molar-refractivity contribution in [3.05, 3.63) is 42.3 Å². The number of amides is 1. The van der Waals surface area contributed by atoms with E-state index >= 15 is 0 Å². The maximum Gasteiger partial charge on any atom is 0.238 e. The summed E-state index contributed by atoms with van der Waals surface area (Å²) in [6.45, 7) is 2.99. The van der Waals surface area contributed by atoms with E-state index in [1.165, 1.54) is 12.1 Å². The molecule has 3 rings (SSSR count). The Morgan fingerprint density at radius 2 is 2.16 bits per heavy atom. The molecule has 1 atom stereocenters. The van der Waals surface area contributed by atoms with Gasteiger partial charge in [-0.2, -0.15) is 5.26 Å². The van der Waals surface area contributed by atoms with Crippen molar-refractivity contribution in [2.24, 2.45) is 0 Å². The van der Waals surface area contributed by atoms with Crippen LogP contribution in [0.15, 0.2) is 36.5 Å². The molecule has 0 spiro atoms. The van der Waals surface area contributed by atoms with E-state index in [-0.39, 0.29) is 5.82 Å². The van der Waals surface area contributed by atoms with E-state index in [1.54, 1.807) is 29.3 Å². The monoisotopic (exact) mass is 340 g/mol. The molecule has 1 aliphatic rings. The number of carbonyl (C=O) groups is 1. The van der Waals surface area contributed by atoms with Crippen LogP contribution in [0.3, 0.4) is 0 Å². The second-order valence-electron chi connectivity index (χ2n) is 6.17. The van der Waals surface area contributed by atoms with Crippen molar-refractivity contribution < 1.29 is 13.9 Å². The zero-order valence-electron chi connectivity index (χ0n) is 13.7. The van der Waals surface area contributed by atoms with Crippen molar-refractivity contribution >= 4 is 12.1 Å². The molecule has 1 aromatic carbocycles. The van der Waals surface area contributed by atoms with Crippen LogP contribution in [0.4, 0.5) is 10.1 Å². The van der Waals surface area contributed by atoms with Gasteiger partial charge >= 0.3 is 0 Å². The second kappa shape index (κ2) is 6.77. The summed E-state index contributed by atoms with van der Waals surface area (Å²) in [5, 5.41) is 11.6. The molecule has 0 unspecified atom stereocenters. The maximum absolute atomic E-state index is 13.1. The van der Waals surface area contributed by atoms with Gasteiger partial charge in [0.1, 0.15) is 17.1 Å². The first-order valence-electron chi connectivity index (χ1n) is 7.83. The van der Waals surface area contributed by atoms with Gasteiger partial charge in [-0.3, -0.25) is 4.79 Å². The number of pyridine rings is 1. The first-order valence-corrected chi connectivity index (χ1v) is 7.83. The largest absolute Gasteiger partial charge is 0.468 e. The van der Waals surface area contributed by atoms with E-state index in [9.17, 15) is 9.18 Å². The average Bonchev–Trinajstić information content (AvgIpc) is 2.99. The molecule has 2 aromatic rings. The number of carbonyl (C=O) groups excluding carboxylic acids is 1. The molecule has 2 heterocycles. The Morgan fingerprint density at radius 3 is 2.80 bits per heavy atom. The predicted octanol–water partition coefficient (Wildman–Crippen LogP) is 2.78. The number of nitrogens with one attached hydrogen (secondary N) is 1. The van der Waals surface area contributed by atoms with Crippen molar-refractivity contribution in [3.63, 3.8) is 0 Å². The van der Waals surface area contributed by atoms with E-state index in [2.05, 4.69) is 16.5 Å². The maximum atomic E-state index is 13.1. The number of halogens is 1. The van der Waals surface area contributed by atoms with Crippen molar-refractivity contribution in [2.75, 3.05) is 18.4 Å². The van der Waals surface area contributed by atoms with Gasteiger partial charge in [-0.1, -0.05) is 12.1 Å². The lowest BCUT2D eigenvalue weighted by Crippen LogP contribution is -2.35. The van der Waals surface area contributed by atoms with Crippen molar-refractivity contribution in [3.8, 4) is 23.2 Å². The van der Waals surface area contributed by atoms with E-state index in [0.29, 0.717) is 37.5 Å².